The Bertz CT molecular complexity index is 284. The fourth-order valence-electron chi connectivity index (χ4n) is 2.10. The van der Waals surface area contributed by atoms with Gasteiger partial charge in [0.05, 0.1) is 6.10 Å². The number of hydrogen-bond acceptors (Lipinski definition) is 2. The molecule has 0 saturated heterocycles. The van der Waals surface area contributed by atoms with Gasteiger partial charge in [-0.2, -0.15) is 0 Å². The second kappa shape index (κ2) is 10.1. The van der Waals surface area contributed by atoms with E-state index in [9.17, 15) is 5.11 Å². The molecule has 2 heteroatoms. The minimum Gasteiger partial charge on any atom is -0.396 e. The van der Waals surface area contributed by atoms with Gasteiger partial charge in [0, 0.05) is 6.61 Å². The smallest absolute Gasteiger partial charge is 0.0796 e. The summed E-state index contributed by atoms with van der Waals surface area (Å²) in [5.41, 5.74) is 0.903. The van der Waals surface area contributed by atoms with Crippen molar-refractivity contribution < 1.29 is 10.2 Å². The molecule has 0 fully saturated rings. The third kappa shape index (κ3) is 6.77. The van der Waals surface area contributed by atoms with Crippen LogP contribution in [-0.4, -0.2) is 16.8 Å². The molecule has 1 rings (SSSR count). The molecule has 2 nitrogen and oxygen atoms in total. The van der Waals surface area contributed by atoms with Gasteiger partial charge < -0.3 is 10.2 Å². The molecular weight excluding hydrogens is 224 g/mol. The van der Waals surface area contributed by atoms with Crippen LogP contribution in [0, 0.1) is 6.07 Å². The Morgan fingerprint density at radius 2 is 1.61 bits per heavy atom. The van der Waals surface area contributed by atoms with Gasteiger partial charge in [0.25, 0.3) is 0 Å². The summed E-state index contributed by atoms with van der Waals surface area (Å²) in [6.45, 7) is 0.319. The predicted molar refractivity (Wildman–Crippen MR) is 74.3 cm³/mol. The largest absolute Gasteiger partial charge is 0.396 e. The summed E-state index contributed by atoms with van der Waals surface area (Å²) in [6.07, 6.45) is 8.49. The van der Waals surface area contributed by atoms with Crippen LogP contribution in [0.25, 0.3) is 0 Å². The number of benzene rings is 1. The molecule has 0 aromatic heterocycles. The molecule has 101 valence electrons. The Kier molecular flexibility index (Phi) is 8.53. The molecule has 0 heterocycles. The van der Waals surface area contributed by atoms with Crippen molar-refractivity contribution in [1.82, 2.24) is 0 Å². The van der Waals surface area contributed by atoms with E-state index in [1.807, 2.05) is 24.3 Å². The lowest BCUT2D eigenvalue weighted by Crippen LogP contribution is -1.97. The molecule has 2 N–H and O–H groups in total. The number of aliphatic hydroxyl groups excluding tert-OH is 2. The molecule has 0 spiro atoms. The molecule has 0 amide bonds. The first-order valence-corrected chi connectivity index (χ1v) is 7.10. The zero-order chi connectivity index (χ0) is 13.1. The van der Waals surface area contributed by atoms with Crippen molar-refractivity contribution in [2.75, 3.05) is 6.61 Å². The van der Waals surface area contributed by atoms with E-state index in [0.29, 0.717) is 6.61 Å². The molecule has 1 radical (unpaired) electrons. The summed E-state index contributed by atoms with van der Waals surface area (Å²) in [6, 6.07) is 10.7. The van der Waals surface area contributed by atoms with Crippen LogP contribution in [0.5, 0.6) is 0 Å². The predicted octanol–water partition coefficient (Wildman–Crippen LogP) is 3.63. The fraction of sp³-hybridized carbons (Fsp3) is 0.625. The molecule has 0 saturated carbocycles. The van der Waals surface area contributed by atoms with Crippen molar-refractivity contribution >= 4 is 0 Å². The third-order valence-corrected chi connectivity index (χ3v) is 3.23. The van der Waals surface area contributed by atoms with Gasteiger partial charge >= 0.3 is 0 Å². The molecule has 1 atom stereocenters. The maximum atomic E-state index is 9.93. The van der Waals surface area contributed by atoms with Crippen molar-refractivity contribution in [3.63, 3.8) is 0 Å². The van der Waals surface area contributed by atoms with Gasteiger partial charge in [-0.3, -0.25) is 0 Å². The average molecular weight is 249 g/mol. The first-order chi connectivity index (χ1) is 8.84. The van der Waals surface area contributed by atoms with Crippen molar-refractivity contribution in [1.29, 1.82) is 0 Å². The first kappa shape index (κ1) is 15.2. The Morgan fingerprint density at radius 3 is 2.22 bits per heavy atom. The quantitative estimate of drug-likeness (QED) is 0.622. The molecule has 1 unspecified atom stereocenters. The molecule has 18 heavy (non-hydrogen) atoms. The molecule has 0 aliphatic rings. The van der Waals surface area contributed by atoms with Crippen molar-refractivity contribution in [2.24, 2.45) is 0 Å². The molecule has 1 aromatic carbocycles. The lowest BCUT2D eigenvalue weighted by molar-refractivity contribution is 0.163. The topological polar surface area (TPSA) is 40.5 Å². The molecular formula is C16H25O2. The number of rotatable bonds is 10. The van der Waals surface area contributed by atoms with E-state index in [4.69, 9.17) is 5.11 Å². The summed E-state index contributed by atoms with van der Waals surface area (Å²) in [5.74, 6) is 0. The molecule has 0 aliphatic carbocycles. The Morgan fingerprint density at radius 1 is 0.944 bits per heavy atom. The summed E-state index contributed by atoms with van der Waals surface area (Å²) in [7, 11) is 0. The Hall–Kier alpha value is -0.860. The van der Waals surface area contributed by atoms with Gasteiger partial charge in [-0.05, 0) is 24.5 Å². The van der Waals surface area contributed by atoms with Crippen LogP contribution in [0.2, 0.25) is 0 Å². The van der Waals surface area contributed by atoms with E-state index in [1.165, 1.54) is 25.7 Å². The van der Waals surface area contributed by atoms with Crippen LogP contribution in [0.3, 0.4) is 0 Å². The highest BCUT2D eigenvalue weighted by Gasteiger charge is 2.05. The summed E-state index contributed by atoms with van der Waals surface area (Å²) in [4.78, 5) is 0. The van der Waals surface area contributed by atoms with Crippen molar-refractivity contribution in [3.05, 3.63) is 35.9 Å². The van der Waals surface area contributed by atoms with Crippen molar-refractivity contribution in [2.45, 2.75) is 57.5 Å². The average Bonchev–Trinajstić information content (AvgIpc) is 2.42. The minimum atomic E-state index is -0.361. The highest BCUT2D eigenvalue weighted by molar-refractivity contribution is 5.15. The maximum absolute atomic E-state index is 9.93. The second-order valence-electron chi connectivity index (χ2n) is 4.82. The van der Waals surface area contributed by atoms with E-state index < -0.39 is 0 Å². The van der Waals surface area contributed by atoms with E-state index in [-0.39, 0.29) is 6.10 Å². The van der Waals surface area contributed by atoms with Crippen LogP contribution in [-0.2, 0) is 0 Å². The van der Waals surface area contributed by atoms with E-state index in [0.717, 1.165) is 31.2 Å². The van der Waals surface area contributed by atoms with E-state index >= 15 is 0 Å². The van der Waals surface area contributed by atoms with Crippen LogP contribution in [0.1, 0.15) is 63.0 Å². The van der Waals surface area contributed by atoms with Gasteiger partial charge in [-0.25, -0.2) is 0 Å². The van der Waals surface area contributed by atoms with Gasteiger partial charge in [0.2, 0.25) is 0 Å². The number of unbranched alkanes of at least 4 members (excludes halogenated alkanes) is 6. The Balaban J connectivity index is 1.98. The van der Waals surface area contributed by atoms with Gasteiger partial charge in [-0.15, -0.1) is 0 Å². The van der Waals surface area contributed by atoms with E-state index in [2.05, 4.69) is 6.07 Å². The summed E-state index contributed by atoms with van der Waals surface area (Å²) < 4.78 is 0. The lowest BCUT2D eigenvalue weighted by Gasteiger charge is -2.10. The highest BCUT2D eigenvalue weighted by atomic mass is 16.3. The standard InChI is InChI=1S/C16H25O2/c17-14-10-5-3-1-2-4-9-13-16(18)15-11-7-6-8-12-15/h6-8,11,16-18H,1-5,9-10,13-14H2. The van der Waals surface area contributed by atoms with Gasteiger partial charge in [-0.1, -0.05) is 62.8 Å². The second-order valence-corrected chi connectivity index (χ2v) is 4.82. The molecule has 0 bridgehead atoms. The Labute approximate surface area is 111 Å². The van der Waals surface area contributed by atoms with Gasteiger partial charge in [0.1, 0.15) is 0 Å². The SMILES string of the molecule is OCCCCCCCCCC(O)c1[c]cccc1. The highest BCUT2D eigenvalue weighted by Crippen LogP contribution is 2.19. The zero-order valence-electron chi connectivity index (χ0n) is 11.1. The fourth-order valence-corrected chi connectivity index (χ4v) is 2.10. The zero-order valence-corrected chi connectivity index (χ0v) is 11.1. The van der Waals surface area contributed by atoms with E-state index in [1.54, 1.807) is 0 Å². The normalized spacial score (nSPS) is 12.6. The van der Waals surface area contributed by atoms with Crippen LogP contribution < -0.4 is 0 Å². The first-order valence-electron chi connectivity index (χ1n) is 7.10. The lowest BCUT2D eigenvalue weighted by atomic mass is 10.0. The van der Waals surface area contributed by atoms with Crippen LogP contribution in [0.15, 0.2) is 24.3 Å². The van der Waals surface area contributed by atoms with Crippen LogP contribution >= 0.6 is 0 Å². The minimum absolute atomic E-state index is 0.319. The summed E-state index contributed by atoms with van der Waals surface area (Å²) in [5, 5.41) is 18.6. The van der Waals surface area contributed by atoms with Crippen LogP contribution in [0.4, 0.5) is 0 Å². The molecule has 0 aliphatic heterocycles. The number of aliphatic hydroxyl groups is 2. The molecule has 1 aromatic rings. The maximum Gasteiger partial charge on any atom is 0.0796 e. The number of hydrogen-bond donors (Lipinski definition) is 2. The summed E-state index contributed by atoms with van der Waals surface area (Å²) >= 11 is 0. The van der Waals surface area contributed by atoms with Crippen molar-refractivity contribution in [3.8, 4) is 0 Å². The monoisotopic (exact) mass is 249 g/mol. The van der Waals surface area contributed by atoms with Gasteiger partial charge in [0.15, 0.2) is 0 Å². The third-order valence-electron chi connectivity index (χ3n) is 3.23.